The second-order valence-corrected chi connectivity index (χ2v) is 7.31. The number of amides is 1. The molecule has 0 atom stereocenters. The maximum Gasteiger partial charge on any atom is 0.257 e. The standard InChI is InChI=1S/C21H21N3O3S/c25-13-16-3-1-2-4-18(16)19-14-28-21(22-19)23-20(26)15-5-7-17(8-6-15)24-9-11-27-12-10-24/h1-8,14,25H,9-13H2,(H,22,23,26). The number of benzene rings is 2. The molecule has 1 fully saturated rings. The van der Waals surface area contributed by atoms with Gasteiger partial charge in [-0.25, -0.2) is 4.98 Å². The maximum atomic E-state index is 12.6. The number of aliphatic hydroxyl groups excluding tert-OH is 1. The molecule has 2 heterocycles. The second-order valence-electron chi connectivity index (χ2n) is 6.45. The summed E-state index contributed by atoms with van der Waals surface area (Å²) in [5.74, 6) is -0.190. The van der Waals surface area contributed by atoms with Crippen molar-refractivity contribution in [3.63, 3.8) is 0 Å². The normalized spacial score (nSPS) is 14.1. The van der Waals surface area contributed by atoms with E-state index in [0.717, 1.165) is 48.8 Å². The number of ether oxygens (including phenoxy) is 1. The largest absolute Gasteiger partial charge is 0.392 e. The molecule has 1 aromatic heterocycles. The Labute approximate surface area is 167 Å². The van der Waals surface area contributed by atoms with Gasteiger partial charge in [0, 0.05) is 35.3 Å². The number of thiazole rings is 1. The number of morpholine rings is 1. The summed E-state index contributed by atoms with van der Waals surface area (Å²) >= 11 is 1.37. The van der Waals surface area contributed by atoms with Gasteiger partial charge in [0.05, 0.1) is 25.5 Å². The molecule has 28 heavy (non-hydrogen) atoms. The fraction of sp³-hybridized carbons (Fsp3) is 0.238. The molecule has 6 nitrogen and oxygen atoms in total. The summed E-state index contributed by atoms with van der Waals surface area (Å²) in [6.45, 7) is 3.14. The highest BCUT2D eigenvalue weighted by molar-refractivity contribution is 7.14. The van der Waals surface area contributed by atoms with Crippen LogP contribution in [0.1, 0.15) is 15.9 Å². The van der Waals surface area contributed by atoms with Crippen LogP contribution in [0.3, 0.4) is 0 Å². The van der Waals surface area contributed by atoms with Crippen molar-refractivity contribution < 1.29 is 14.6 Å². The molecule has 0 aliphatic carbocycles. The molecular formula is C21H21N3O3S. The minimum Gasteiger partial charge on any atom is -0.392 e. The van der Waals surface area contributed by atoms with E-state index >= 15 is 0 Å². The highest BCUT2D eigenvalue weighted by Gasteiger charge is 2.14. The Kier molecular flexibility index (Phi) is 5.66. The summed E-state index contributed by atoms with van der Waals surface area (Å²) in [5.41, 5.74) is 4.11. The fourth-order valence-corrected chi connectivity index (χ4v) is 3.88. The number of hydrogen-bond donors (Lipinski definition) is 2. The summed E-state index contributed by atoms with van der Waals surface area (Å²) in [7, 11) is 0. The number of carbonyl (C=O) groups excluding carboxylic acids is 1. The third kappa shape index (κ3) is 4.06. The third-order valence-electron chi connectivity index (χ3n) is 4.69. The lowest BCUT2D eigenvalue weighted by Gasteiger charge is -2.28. The van der Waals surface area contributed by atoms with E-state index in [1.54, 1.807) is 0 Å². The van der Waals surface area contributed by atoms with E-state index in [1.807, 2.05) is 53.9 Å². The molecule has 0 spiro atoms. The van der Waals surface area contributed by atoms with Crippen LogP contribution < -0.4 is 10.2 Å². The third-order valence-corrected chi connectivity index (χ3v) is 5.45. The van der Waals surface area contributed by atoms with Crippen LogP contribution in [0.2, 0.25) is 0 Å². The van der Waals surface area contributed by atoms with Gasteiger partial charge in [-0.15, -0.1) is 11.3 Å². The Morgan fingerprint density at radius 3 is 2.64 bits per heavy atom. The number of nitrogens with one attached hydrogen (secondary N) is 1. The zero-order valence-electron chi connectivity index (χ0n) is 15.3. The van der Waals surface area contributed by atoms with Crippen LogP contribution in [0.5, 0.6) is 0 Å². The van der Waals surface area contributed by atoms with Crippen LogP contribution in [0.15, 0.2) is 53.9 Å². The van der Waals surface area contributed by atoms with Gasteiger partial charge in [-0.1, -0.05) is 24.3 Å². The summed E-state index contributed by atoms with van der Waals surface area (Å²) in [6.07, 6.45) is 0. The lowest BCUT2D eigenvalue weighted by atomic mass is 10.1. The van der Waals surface area contributed by atoms with Gasteiger partial charge in [-0.05, 0) is 29.8 Å². The lowest BCUT2D eigenvalue weighted by molar-refractivity contribution is 0.102. The van der Waals surface area contributed by atoms with E-state index in [4.69, 9.17) is 4.74 Å². The zero-order valence-corrected chi connectivity index (χ0v) is 16.1. The molecule has 4 rings (SSSR count). The number of rotatable bonds is 5. The quantitative estimate of drug-likeness (QED) is 0.693. The van der Waals surface area contributed by atoms with Crippen molar-refractivity contribution in [2.24, 2.45) is 0 Å². The van der Waals surface area contributed by atoms with Gasteiger partial charge in [-0.3, -0.25) is 10.1 Å². The first-order chi connectivity index (χ1) is 13.7. The molecule has 1 saturated heterocycles. The number of carbonyl (C=O) groups is 1. The van der Waals surface area contributed by atoms with Gasteiger partial charge >= 0.3 is 0 Å². The van der Waals surface area contributed by atoms with Gasteiger partial charge in [0.15, 0.2) is 5.13 Å². The molecule has 0 saturated carbocycles. The molecule has 2 aromatic carbocycles. The van der Waals surface area contributed by atoms with E-state index in [-0.39, 0.29) is 12.5 Å². The van der Waals surface area contributed by atoms with Crippen molar-refractivity contribution in [2.45, 2.75) is 6.61 Å². The van der Waals surface area contributed by atoms with Gasteiger partial charge in [0.1, 0.15) is 0 Å². The molecule has 0 radical (unpaired) electrons. The molecule has 1 aliphatic rings. The summed E-state index contributed by atoms with van der Waals surface area (Å²) in [4.78, 5) is 19.3. The topological polar surface area (TPSA) is 74.7 Å². The number of aliphatic hydroxyl groups is 1. The zero-order chi connectivity index (χ0) is 19.3. The molecular weight excluding hydrogens is 374 g/mol. The fourth-order valence-electron chi connectivity index (χ4n) is 3.18. The monoisotopic (exact) mass is 395 g/mol. The van der Waals surface area contributed by atoms with Crippen LogP contribution in [0, 0.1) is 0 Å². The Morgan fingerprint density at radius 1 is 1.14 bits per heavy atom. The van der Waals surface area contributed by atoms with Crippen molar-refractivity contribution in [1.82, 2.24) is 4.98 Å². The Morgan fingerprint density at radius 2 is 1.89 bits per heavy atom. The van der Waals surface area contributed by atoms with Crippen molar-refractivity contribution in [3.8, 4) is 11.3 Å². The highest BCUT2D eigenvalue weighted by atomic mass is 32.1. The predicted octanol–water partition coefficient (Wildman–Crippen LogP) is 3.39. The lowest BCUT2D eigenvalue weighted by Crippen LogP contribution is -2.36. The Hall–Kier alpha value is -2.74. The van der Waals surface area contributed by atoms with Gasteiger partial charge in [-0.2, -0.15) is 0 Å². The summed E-state index contributed by atoms with van der Waals surface area (Å²) in [5, 5.41) is 14.8. The number of anilines is 2. The molecule has 1 amide bonds. The molecule has 3 aromatic rings. The number of hydrogen-bond acceptors (Lipinski definition) is 6. The molecule has 0 bridgehead atoms. The maximum absolute atomic E-state index is 12.6. The van der Waals surface area contributed by atoms with Crippen molar-refractivity contribution >= 4 is 28.1 Å². The molecule has 0 unspecified atom stereocenters. The first kappa shape index (κ1) is 18.6. The average Bonchev–Trinajstić information content (AvgIpc) is 3.22. The van der Waals surface area contributed by atoms with Crippen LogP contribution in [-0.2, 0) is 11.3 Å². The Bertz CT molecular complexity index is 950. The molecule has 7 heteroatoms. The second kappa shape index (κ2) is 8.52. The van der Waals surface area contributed by atoms with Gasteiger partial charge in [0.2, 0.25) is 0 Å². The van der Waals surface area contributed by atoms with Crippen LogP contribution in [0.25, 0.3) is 11.3 Å². The SMILES string of the molecule is O=C(Nc1nc(-c2ccccc2CO)cs1)c1ccc(N2CCOCC2)cc1. The Balaban J connectivity index is 1.44. The smallest absolute Gasteiger partial charge is 0.257 e. The van der Waals surface area contributed by atoms with Crippen molar-refractivity contribution in [2.75, 3.05) is 36.5 Å². The van der Waals surface area contributed by atoms with Crippen LogP contribution in [0.4, 0.5) is 10.8 Å². The molecule has 144 valence electrons. The van der Waals surface area contributed by atoms with Gasteiger partial charge < -0.3 is 14.7 Å². The van der Waals surface area contributed by atoms with Crippen molar-refractivity contribution in [3.05, 3.63) is 65.0 Å². The van der Waals surface area contributed by atoms with Crippen molar-refractivity contribution in [1.29, 1.82) is 0 Å². The van der Waals surface area contributed by atoms with E-state index < -0.39 is 0 Å². The van der Waals surface area contributed by atoms with Crippen LogP contribution in [-0.4, -0.2) is 42.3 Å². The first-order valence-electron chi connectivity index (χ1n) is 9.13. The number of nitrogens with zero attached hydrogens (tertiary/aromatic N) is 2. The minimum atomic E-state index is -0.190. The summed E-state index contributed by atoms with van der Waals surface area (Å²) < 4.78 is 5.37. The average molecular weight is 395 g/mol. The number of aromatic nitrogens is 1. The van der Waals surface area contributed by atoms with E-state index in [0.29, 0.717) is 10.7 Å². The first-order valence-corrected chi connectivity index (χ1v) is 10.0. The van der Waals surface area contributed by atoms with E-state index in [1.165, 1.54) is 11.3 Å². The van der Waals surface area contributed by atoms with E-state index in [2.05, 4.69) is 15.2 Å². The predicted molar refractivity (Wildman–Crippen MR) is 111 cm³/mol. The minimum absolute atomic E-state index is 0.0507. The molecule has 1 aliphatic heterocycles. The van der Waals surface area contributed by atoms with Crippen LogP contribution >= 0.6 is 11.3 Å². The highest BCUT2D eigenvalue weighted by Crippen LogP contribution is 2.28. The van der Waals surface area contributed by atoms with E-state index in [9.17, 15) is 9.90 Å². The van der Waals surface area contributed by atoms with Gasteiger partial charge in [0.25, 0.3) is 5.91 Å². The molecule has 2 N–H and O–H groups in total. The summed E-state index contributed by atoms with van der Waals surface area (Å²) in [6, 6.07) is 15.1.